The van der Waals surface area contributed by atoms with Gasteiger partial charge in [0.05, 0.1) is 12.5 Å². The van der Waals surface area contributed by atoms with Crippen LogP contribution >= 0.6 is 11.8 Å². The number of fused-ring (bicyclic) bond motifs is 1. The molecule has 4 nitrogen and oxygen atoms in total. The average molecular weight is 514 g/mol. The van der Waals surface area contributed by atoms with Gasteiger partial charge in [0.15, 0.2) is 17.1 Å². The molecule has 2 aliphatic heterocycles. The first-order chi connectivity index (χ1) is 18.1. The van der Waals surface area contributed by atoms with Crippen LogP contribution in [-0.2, 0) is 22.3 Å². The van der Waals surface area contributed by atoms with Gasteiger partial charge in [0.1, 0.15) is 5.60 Å². The van der Waals surface area contributed by atoms with E-state index in [0.717, 1.165) is 29.1 Å². The Morgan fingerprint density at radius 2 is 1.95 bits per heavy atom. The first kappa shape index (κ1) is 21.2. The van der Waals surface area contributed by atoms with E-state index in [0.29, 0.717) is 17.4 Å². The van der Waals surface area contributed by atoms with E-state index >= 15 is 0 Å². The summed E-state index contributed by atoms with van der Waals surface area (Å²) in [4.78, 5) is 2.96. The summed E-state index contributed by atoms with van der Waals surface area (Å²) in [6.07, 6.45) is 6.62. The van der Waals surface area contributed by atoms with Crippen molar-refractivity contribution in [3.8, 4) is 11.5 Å². The van der Waals surface area contributed by atoms with Crippen molar-refractivity contribution < 1.29 is 14.2 Å². The Kier molecular flexibility index (Phi) is 3.55. The fraction of sp³-hybridized carbons (Fsp3) is 0.625. The van der Waals surface area contributed by atoms with E-state index < -0.39 is 0 Å². The van der Waals surface area contributed by atoms with Crippen LogP contribution in [0.1, 0.15) is 42.4 Å². The highest BCUT2D eigenvalue weighted by Gasteiger charge is 3.16. The second kappa shape index (κ2) is 6.21. The molecular weight excluding hydrogens is 478 g/mol. The molecule has 2 bridgehead atoms. The van der Waals surface area contributed by atoms with Gasteiger partial charge in [-0.2, -0.15) is 11.8 Å². The monoisotopic (exact) mass is 513 g/mol. The van der Waals surface area contributed by atoms with Crippen LogP contribution in [0.4, 0.5) is 0 Å². The van der Waals surface area contributed by atoms with Crippen LogP contribution in [0.3, 0.4) is 0 Å². The third-order valence-corrected chi connectivity index (χ3v) is 14.2. The number of piperidine rings is 1. The van der Waals surface area contributed by atoms with E-state index in [1.807, 2.05) is 14.2 Å². The minimum Gasteiger partial charge on any atom is -0.493 e. The molecule has 8 atom stereocenters. The van der Waals surface area contributed by atoms with Crippen LogP contribution in [-0.4, -0.2) is 55.2 Å². The molecule has 2 aromatic carbocycles. The Morgan fingerprint density at radius 1 is 1.08 bits per heavy atom. The third kappa shape index (κ3) is 1.79. The summed E-state index contributed by atoms with van der Waals surface area (Å²) in [5, 5.41) is 0. The van der Waals surface area contributed by atoms with Crippen molar-refractivity contribution in [2.45, 2.75) is 60.5 Å². The zero-order valence-corrected chi connectivity index (χ0v) is 22.6. The third-order valence-electron chi connectivity index (χ3n) is 12.9. The standard InChI is InChI=1S/C32H35NO3S/c1-34-22-11-10-21-14-23-29-17-28(18-37-16-20-6-4-3-5-7-20)26(29)27-31(28,35-2)32(27)30(29,24(21)25(22)36-32)12-13-33(23)15-19-8-9-19/h3-7,10-11,19,23,26-27H,8-9,12-18H2,1-2H3/t23?,26?,27?,28-,29+,30?,31+,32-/m0/s1. The fourth-order valence-corrected chi connectivity index (χ4v) is 13.6. The molecule has 10 rings (SSSR count). The molecule has 5 saturated carbocycles. The summed E-state index contributed by atoms with van der Waals surface area (Å²) in [5.74, 6) is 6.51. The number of hydrogen-bond acceptors (Lipinski definition) is 5. The molecule has 192 valence electrons. The molecular formula is C32H35NO3S. The van der Waals surface area contributed by atoms with Crippen LogP contribution in [0.15, 0.2) is 42.5 Å². The molecule has 3 spiro atoms. The molecule has 0 amide bonds. The maximum atomic E-state index is 7.37. The minimum absolute atomic E-state index is 0.110. The maximum absolute atomic E-state index is 7.37. The van der Waals surface area contributed by atoms with Gasteiger partial charge in [0.2, 0.25) is 0 Å². The molecule has 8 aliphatic rings. The lowest BCUT2D eigenvalue weighted by Gasteiger charge is -2.82. The van der Waals surface area contributed by atoms with Crippen molar-refractivity contribution in [3.05, 3.63) is 59.2 Å². The Labute approximate surface area is 223 Å². The number of nitrogens with zero attached hydrogens (tertiary/aromatic N) is 1. The molecule has 0 N–H and O–H groups in total. The number of ether oxygens (including phenoxy) is 3. The van der Waals surface area contributed by atoms with Crippen LogP contribution in [0.2, 0.25) is 0 Å². The number of methoxy groups -OCH3 is 2. The lowest BCUT2D eigenvalue weighted by Crippen LogP contribution is -2.88. The van der Waals surface area contributed by atoms with E-state index in [2.05, 4.69) is 59.1 Å². The number of benzene rings is 2. The highest BCUT2D eigenvalue weighted by Crippen LogP contribution is 3.07. The molecule has 37 heavy (non-hydrogen) atoms. The van der Waals surface area contributed by atoms with Gasteiger partial charge < -0.3 is 14.2 Å². The summed E-state index contributed by atoms with van der Waals surface area (Å²) < 4.78 is 20.1. The molecule has 5 heteroatoms. The second-order valence-corrected chi connectivity index (χ2v) is 14.5. The van der Waals surface area contributed by atoms with Crippen molar-refractivity contribution in [2.75, 3.05) is 33.1 Å². The largest absolute Gasteiger partial charge is 0.493 e. The summed E-state index contributed by atoms with van der Waals surface area (Å²) in [5.41, 5.74) is 4.92. The molecule has 4 unspecified atom stereocenters. The van der Waals surface area contributed by atoms with E-state index in [1.54, 1.807) is 5.56 Å². The van der Waals surface area contributed by atoms with Gasteiger partial charge in [-0.05, 0) is 67.7 Å². The minimum atomic E-state index is -0.180. The number of rotatable bonds is 8. The number of likely N-dealkylation sites (tertiary alicyclic amines) is 1. The van der Waals surface area contributed by atoms with Crippen molar-refractivity contribution in [2.24, 2.45) is 28.6 Å². The normalized spacial score (nSPS) is 47.9. The molecule has 0 aromatic heterocycles. The van der Waals surface area contributed by atoms with E-state index in [4.69, 9.17) is 14.2 Å². The molecule has 6 fully saturated rings. The topological polar surface area (TPSA) is 30.9 Å². The van der Waals surface area contributed by atoms with Crippen LogP contribution in [0, 0.1) is 28.6 Å². The summed E-state index contributed by atoms with van der Waals surface area (Å²) in [6, 6.07) is 16.2. The van der Waals surface area contributed by atoms with Gasteiger partial charge in [0, 0.05) is 53.5 Å². The van der Waals surface area contributed by atoms with Gasteiger partial charge in [-0.3, -0.25) is 4.90 Å². The summed E-state index contributed by atoms with van der Waals surface area (Å²) in [6.45, 7) is 2.54. The molecule has 0 radical (unpaired) electrons. The van der Waals surface area contributed by atoms with Gasteiger partial charge in [-0.25, -0.2) is 0 Å². The van der Waals surface area contributed by atoms with Gasteiger partial charge >= 0.3 is 0 Å². The maximum Gasteiger partial charge on any atom is 0.166 e. The highest BCUT2D eigenvalue weighted by atomic mass is 32.2. The van der Waals surface area contributed by atoms with Gasteiger partial charge in [0.25, 0.3) is 0 Å². The van der Waals surface area contributed by atoms with Crippen molar-refractivity contribution >= 4 is 11.8 Å². The highest BCUT2D eigenvalue weighted by molar-refractivity contribution is 7.98. The van der Waals surface area contributed by atoms with Crippen LogP contribution in [0.25, 0.3) is 0 Å². The molecule has 6 aliphatic carbocycles. The van der Waals surface area contributed by atoms with E-state index in [-0.39, 0.29) is 22.0 Å². The van der Waals surface area contributed by atoms with Crippen molar-refractivity contribution in [3.63, 3.8) is 0 Å². The fourth-order valence-electron chi connectivity index (χ4n) is 12.2. The predicted molar refractivity (Wildman–Crippen MR) is 143 cm³/mol. The summed E-state index contributed by atoms with van der Waals surface area (Å²) in [7, 11) is 3.80. The molecule has 1 saturated heterocycles. The first-order valence-electron chi connectivity index (χ1n) is 14.5. The Hall–Kier alpha value is -1.69. The SMILES string of the molecule is COc1ccc2c3c1O[C@]14C5C6[C@@]7(C[C@@]6(CSCc6ccccc6)[C@]51OC)C(C2)N(CC1CC1)CCC374. The van der Waals surface area contributed by atoms with Crippen LogP contribution < -0.4 is 9.47 Å². The zero-order chi connectivity index (χ0) is 24.4. The lowest BCUT2D eigenvalue weighted by atomic mass is 9.24. The zero-order valence-electron chi connectivity index (χ0n) is 21.8. The van der Waals surface area contributed by atoms with Gasteiger partial charge in [-0.15, -0.1) is 0 Å². The van der Waals surface area contributed by atoms with E-state index in [1.165, 1.54) is 62.1 Å². The van der Waals surface area contributed by atoms with E-state index in [9.17, 15) is 0 Å². The lowest BCUT2D eigenvalue weighted by molar-refractivity contribution is -0.355. The van der Waals surface area contributed by atoms with Crippen LogP contribution in [0.5, 0.6) is 11.5 Å². The van der Waals surface area contributed by atoms with Crippen molar-refractivity contribution in [1.29, 1.82) is 0 Å². The molecule has 2 heterocycles. The Morgan fingerprint density at radius 3 is 2.73 bits per heavy atom. The van der Waals surface area contributed by atoms with Gasteiger partial charge in [-0.1, -0.05) is 36.4 Å². The summed E-state index contributed by atoms with van der Waals surface area (Å²) >= 11 is 2.13. The quantitative estimate of drug-likeness (QED) is 0.492. The predicted octanol–water partition coefficient (Wildman–Crippen LogP) is 5.07. The number of thioether (sulfide) groups is 1. The second-order valence-electron chi connectivity index (χ2n) is 13.5. The first-order valence-corrected chi connectivity index (χ1v) is 15.6. The molecule has 2 aromatic rings. The smallest absolute Gasteiger partial charge is 0.166 e. The Bertz CT molecular complexity index is 1380. The number of hydrogen-bond donors (Lipinski definition) is 0. The van der Waals surface area contributed by atoms with Crippen molar-refractivity contribution in [1.82, 2.24) is 4.90 Å². The average Bonchev–Trinajstić information content (AvgIpc) is 3.77. The Balaban J connectivity index is 1.12.